The zero-order valence-corrected chi connectivity index (χ0v) is 5.25. The molecule has 8 heavy (non-hydrogen) atoms. The molecule has 0 heterocycles. The van der Waals surface area contributed by atoms with Crippen LogP contribution in [0, 0.1) is 0 Å². The molecular weight excluding hydrogens is 158 g/mol. The normalized spacial score (nSPS) is 12.9. The minimum absolute atomic E-state index is 0.149. The summed E-state index contributed by atoms with van der Waals surface area (Å²) in [6.07, 6.45) is 0. The quantitative estimate of drug-likeness (QED) is 0.569. The SMILES string of the molecule is O=C(OF)C(Cl)CCl. The molecule has 0 saturated heterocycles. The highest BCUT2D eigenvalue weighted by Gasteiger charge is 2.15. The van der Waals surface area contributed by atoms with E-state index in [2.05, 4.69) is 4.94 Å². The lowest BCUT2D eigenvalue weighted by Gasteiger charge is -1.94. The van der Waals surface area contributed by atoms with Crippen LogP contribution < -0.4 is 0 Å². The summed E-state index contributed by atoms with van der Waals surface area (Å²) < 4.78 is 10.8. The predicted molar refractivity (Wildman–Crippen MR) is 27.6 cm³/mol. The lowest BCUT2D eigenvalue weighted by molar-refractivity contribution is -0.182. The summed E-state index contributed by atoms with van der Waals surface area (Å²) in [6.45, 7) is 0. The van der Waals surface area contributed by atoms with Gasteiger partial charge in [0.1, 0.15) is 5.38 Å². The molecule has 0 aliphatic heterocycles. The molecule has 1 unspecified atom stereocenters. The lowest BCUT2D eigenvalue weighted by Crippen LogP contribution is -2.15. The molecule has 5 heteroatoms. The van der Waals surface area contributed by atoms with Crippen LogP contribution in [0.3, 0.4) is 0 Å². The average molecular weight is 161 g/mol. The van der Waals surface area contributed by atoms with E-state index in [1.165, 1.54) is 0 Å². The standard InChI is InChI=1S/C3H3Cl2FO2/c4-1-2(5)3(7)8-6/h2H,1H2. The van der Waals surface area contributed by atoms with Gasteiger partial charge in [-0.1, -0.05) is 0 Å². The van der Waals surface area contributed by atoms with Gasteiger partial charge < -0.3 is 0 Å². The second-order valence-electron chi connectivity index (χ2n) is 1.02. The van der Waals surface area contributed by atoms with Crippen molar-refractivity contribution >= 4 is 29.2 Å². The molecule has 0 aromatic rings. The first-order chi connectivity index (χ1) is 3.72. The predicted octanol–water partition coefficient (Wildman–Crippen LogP) is 1.26. The van der Waals surface area contributed by atoms with Crippen molar-refractivity contribution in [2.45, 2.75) is 5.38 Å². The average Bonchev–Trinajstić information content (AvgIpc) is 1.84. The van der Waals surface area contributed by atoms with E-state index in [4.69, 9.17) is 23.2 Å². The molecule has 0 spiro atoms. The van der Waals surface area contributed by atoms with E-state index < -0.39 is 11.3 Å². The Morgan fingerprint density at radius 2 is 2.38 bits per heavy atom. The van der Waals surface area contributed by atoms with Gasteiger partial charge in [0.05, 0.1) is 0 Å². The molecule has 0 rings (SSSR count). The topological polar surface area (TPSA) is 26.3 Å². The number of carbonyl (C=O) groups excluding carboxylic acids is 1. The van der Waals surface area contributed by atoms with Gasteiger partial charge in [0.25, 0.3) is 0 Å². The molecule has 0 amide bonds. The van der Waals surface area contributed by atoms with Crippen molar-refractivity contribution in [3.05, 3.63) is 0 Å². The number of carbonyl (C=O) groups is 1. The van der Waals surface area contributed by atoms with E-state index in [9.17, 15) is 9.32 Å². The first-order valence-corrected chi connectivity index (χ1v) is 2.72. The monoisotopic (exact) mass is 160 g/mol. The van der Waals surface area contributed by atoms with Crippen molar-refractivity contribution in [3.8, 4) is 0 Å². The number of halogens is 3. The van der Waals surface area contributed by atoms with Gasteiger partial charge in [-0.25, -0.2) is 4.79 Å². The summed E-state index contributed by atoms with van der Waals surface area (Å²) in [5.41, 5.74) is 0. The fourth-order valence-electron chi connectivity index (χ4n) is 0.111. The summed E-state index contributed by atoms with van der Waals surface area (Å²) in [5.74, 6) is -1.30. The third-order valence-electron chi connectivity index (χ3n) is 0.467. The molecule has 0 aromatic heterocycles. The smallest absolute Gasteiger partial charge is 0.253 e. The zero-order chi connectivity index (χ0) is 6.57. The number of alkyl halides is 2. The Morgan fingerprint density at radius 1 is 1.88 bits per heavy atom. The highest BCUT2D eigenvalue weighted by Crippen LogP contribution is 2.00. The number of hydrogen-bond donors (Lipinski definition) is 0. The van der Waals surface area contributed by atoms with Gasteiger partial charge in [0.2, 0.25) is 0 Å². The highest BCUT2D eigenvalue weighted by molar-refractivity contribution is 6.35. The van der Waals surface area contributed by atoms with Crippen LogP contribution in [0.4, 0.5) is 4.53 Å². The molecule has 0 fully saturated rings. The van der Waals surface area contributed by atoms with Gasteiger partial charge in [-0.05, 0) is 0 Å². The zero-order valence-electron chi connectivity index (χ0n) is 3.73. The molecule has 0 saturated carbocycles. The Morgan fingerprint density at radius 3 is 2.50 bits per heavy atom. The van der Waals surface area contributed by atoms with Crippen LogP contribution in [-0.4, -0.2) is 17.2 Å². The number of hydrogen-bond acceptors (Lipinski definition) is 2. The Kier molecular flexibility index (Phi) is 3.91. The minimum Gasteiger partial charge on any atom is -0.253 e. The summed E-state index contributed by atoms with van der Waals surface area (Å²) in [5, 5.41) is -1.08. The molecular formula is C3H3Cl2FO2. The molecule has 1 atom stereocenters. The Labute approximate surface area is 55.4 Å². The molecule has 0 bridgehead atoms. The van der Waals surface area contributed by atoms with Crippen molar-refractivity contribution in [2.75, 3.05) is 5.88 Å². The minimum atomic E-state index is -1.15. The van der Waals surface area contributed by atoms with Crippen molar-refractivity contribution in [2.24, 2.45) is 0 Å². The van der Waals surface area contributed by atoms with Crippen molar-refractivity contribution < 1.29 is 14.3 Å². The van der Waals surface area contributed by atoms with Crippen molar-refractivity contribution in [1.29, 1.82) is 0 Å². The lowest BCUT2D eigenvalue weighted by atomic mass is 10.5. The molecule has 0 aliphatic carbocycles. The number of rotatable bonds is 2. The summed E-state index contributed by atoms with van der Waals surface area (Å²) >= 11 is 10.1. The molecule has 48 valence electrons. The largest absolute Gasteiger partial charge is 0.367 e. The summed E-state index contributed by atoms with van der Waals surface area (Å²) in [4.78, 5) is 12.7. The second kappa shape index (κ2) is 3.92. The Hall–Kier alpha value is -0.0200. The summed E-state index contributed by atoms with van der Waals surface area (Å²) in [6, 6.07) is 0. The fourth-order valence-corrected chi connectivity index (χ4v) is 0.271. The van der Waals surface area contributed by atoms with E-state index in [0.717, 1.165) is 0 Å². The van der Waals surface area contributed by atoms with Crippen LogP contribution >= 0.6 is 23.2 Å². The van der Waals surface area contributed by atoms with Gasteiger partial charge >= 0.3 is 5.97 Å². The van der Waals surface area contributed by atoms with Crippen LogP contribution in [-0.2, 0) is 9.74 Å². The van der Waals surface area contributed by atoms with Crippen LogP contribution in [0.1, 0.15) is 0 Å². The first-order valence-electron chi connectivity index (χ1n) is 1.74. The van der Waals surface area contributed by atoms with Crippen molar-refractivity contribution in [1.82, 2.24) is 0 Å². The maximum atomic E-state index is 10.8. The van der Waals surface area contributed by atoms with E-state index in [-0.39, 0.29) is 5.88 Å². The van der Waals surface area contributed by atoms with E-state index in [1.807, 2.05) is 0 Å². The van der Waals surface area contributed by atoms with Gasteiger partial charge in [0, 0.05) is 10.4 Å². The molecule has 2 nitrogen and oxygen atoms in total. The van der Waals surface area contributed by atoms with Crippen LogP contribution in [0.5, 0.6) is 0 Å². The molecule has 0 N–H and O–H groups in total. The molecule has 0 radical (unpaired) electrons. The van der Waals surface area contributed by atoms with Gasteiger partial charge in [0.15, 0.2) is 0 Å². The molecule has 0 aliphatic rings. The first kappa shape index (κ1) is 7.98. The van der Waals surface area contributed by atoms with Crippen LogP contribution in [0.25, 0.3) is 0 Å². The maximum Gasteiger partial charge on any atom is 0.367 e. The van der Waals surface area contributed by atoms with E-state index in [0.29, 0.717) is 0 Å². The highest BCUT2D eigenvalue weighted by atomic mass is 35.5. The van der Waals surface area contributed by atoms with Crippen molar-refractivity contribution in [3.63, 3.8) is 0 Å². The Bertz CT molecular complexity index is 87.4. The summed E-state index contributed by atoms with van der Waals surface area (Å²) in [7, 11) is 0. The maximum absolute atomic E-state index is 10.8. The molecule has 0 aromatic carbocycles. The fraction of sp³-hybridized carbons (Fsp3) is 0.667. The van der Waals surface area contributed by atoms with Gasteiger partial charge in [-0.15, -0.1) is 23.2 Å². The van der Waals surface area contributed by atoms with E-state index in [1.54, 1.807) is 0 Å². The third kappa shape index (κ3) is 2.33. The van der Waals surface area contributed by atoms with Gasteiger partial charge in [-0.2, -0.15) is 0 Å². The van der Waals surface area contributed by atoms with Crippen LogP contribution in [0.2, 0.25) is 0 Å². The second-order valence-corrected chi connectivity index (χ2v) is 1.85. The Balaban J connectivity index is 3.46. The third-order valence-corrected chi connectivity index (χ3v) is 1.27. The van der Waals surface area contributed by atoms with Crippen LogP contribution in [0.15, 0.2) is 0 Å². The van der Waals surface area contributed by atoms with E-state index >= 15 is 0 Å². The van der Waals surface area contributed by atoms with Gasteiger partial charge in [-0.3, -0.25) is 4.94 Å².